The van der Waals surface area contributed by atoms with E-state index < -0.39 is 0 Å². The van der Waals surface area contributed by atoms with Crippen LogP contribution in [0.3, 0.4) is 0 Å². The number of carbonyl (C=O) groups excluding carboxylic acids is 2. The third kappa shape index (κ3) is 5.70. The molecule has 1 amide bonds. The molecule has 1 N–H and O–H groups in total. The Morgan fingerprint density at radius 2 is 1.37 bits per heavy atom. The number of carbonyl (C=O) groups is 2. The van der Waals surface area contributed by atoms with Crippen LogP contribution in [0.25, 0.3) is 0 Å². The SMILES string of the molecule is CCOc1ccc(C(C)NC(=O)COc2ccc(C(=O)c3ccccc3)cc2)cc1. The second-order valence-corrected chi connectivity index (χ2v) is 6.80. The van der Waals surface area contributed by atoms with E-state index in [0.29, 0.717) is 23.5 Å². The molecular formula is C25H25NO4. The van der Waals surface area contributed by atoms with Crippen LogP contribution in [0, 0.1) is 0 Å². The normalized spacial score (nSPS) is 11.4. The van der Waals surface area contributed by atoms with Gasteiger partial charge >= 0.3 is 0 Å². The van der Waals surface area contributed by atoms with Crippen LogP contribution in [-0.4, -0.2) is 24.9 Å². The minimum absolute atomic E-state index is 0.0518. The van der Waals surface area contributed by atoms with Crippen LogP contribution in [0.15, 0.2) is 78.9 Å². The highest BCUT2D eigenvalue weighted by molar-refractivity contribution is 6.08. The van der Waals surface area contributed by atoms with Crippen molar-refractivity contribution >= 4 is 11.7 Å². The zero-order chi connectivity index (χ0) is 21.3. The van der Waals surface area contributed by atoms with E-state index in [9.17, 15) is 9.59 Å². The maximum absolute atomic E-state index is 12.4. The highest BCUT2D eigenvalue weighted by atomic mass is 16.5. The predicted octanol–water partition coefficient (Wildman–Crippen LogP) is 4.57. The summed E-state index contributed by atoms with van der Waals surface area (Å²) in [5.41, 5.74) is 2.19. The summed E-state index contributed by atoms with van der Waals surface area (Å²) < 4.78 is 11.0. The first-order valence-electron chi connectivity index (χ1n) is 9.91. The van der Waals surface area contributed by atoms with E-state index in [4.69, 9.17) is 9.47 Å². The molecule has 30 heavy (non-hydrogen) atoms. The average Bonchev–Trinajstić information content (AvgIpc) is 2.79. The van der Waals surface area contributed by atoms with Crippen molar-refractivity contribution in [1.29, 1.82) is 0 Å². The molecule has 5 heteroatoms. The van der Waals surface area contributed by atoms with Crippen molar-refractivity contribution < 1.29 is 19.1 Å². The van der Waals surface area contributed by atoms with E-state index in [0.717, 1.165) is 11.3 Å². The van der Waals surface area contributed by atoms with Crippen molar-refractivity contribution in [3.8, 4) is 11.5 Å². The first kappa shape index (κ1) is 21.1. The third-order valence-electron chi connectivity index (χ3n) is 4.59. The molecule has 0 aliphatic rings. The second kappa shape index (κ2) is 10.3. The number of benzene rings is 3. The number of ketones is 1. The highest BCUT2D eigenvalue weighted by Crippen LogP contribution is 2.18. The molecule has 1 atom stereocenters. The molecule has 0 spiro atoms. The molecular weight excluding hydrogens is 378 g/mol. The lowest BCUT2D eigenvalue weighted by atomic mass is 10.0. The fourth-order valence-electron chi connectivity index (χ4n) is 2.99. The van der Waals surface area contributed by atoms with E-state index in [1.807, 2.05) is 56.3 Å². The van der Waals surface area contributed by atoms with Crippen LogP contribution in [-0.2, 0) is 4.79 Å². The second-order valence-electron chi connectivity index (χ2n) is 6.80. The number of rotatable bonds is 9. The van der Waals surface area contributed by atoms with Crippen molar-refractivity contribution in [3.05, 3.63) is 95.6 Å². The highest BCUT2D eigenvalue weighted by Gasteiger charge is 2.12. The lowest BCUT2D eigenvalue weighted by Crippen LogP contribution is -2.31. The standard InChI is InChI=1S/C25H25NO4/c1-3-29-22-13-9-19(10-14-22)18(2)26-24(27)17-30-23-15-11-21(12-16-23)25(28)20-7-5-4-6-8-20/h4-16,18H,3,17H2,1-2H3,(H,26,27). The zero-order valence-electron chi connectivity index (χ0n) is 17.1. The average molecular weight is 403 g/mol. The van der Waals surface area contributed by atoms with Gasteiger partial charge in [-0.2, -0.15) is 0 Å². The smallest absolute Gasteiger partial charge is 0.258 e. The lowest BCUT2D eigenvalue weighted by Gasteiger charge is -2.15. The van der Waals surface area contributed by atoms with Gasteiger partial charge in [0.1, 0.15) is 11.5 Å². The first-order valence-corrected chi connectivity index (χ1v) is 9.91. The lowest BCUT2D eigenvalue weighted by molar-refractivity contribution is -0.123. The van der Waals surface area contributed by atoms with Gasteiger partial charge in [0.15, 0.2) is 12.4 Å². The molecule has 0 aliphatic heterocycles. The Morgan fingerprint density at radius 3 is 2.00 bits per heavy atom. The van der Waals surface area contributed by atoms with Crippen LogP contribution in [0.5, 0.6) is 11.5 Å². The van der Waals surface area contributed by atoms with E-state index in [1.54, 1.807) is 36.4 Å². The zero-order valence-corrected chi connectivity index (χ0v) is 17.1. The van der Waals surface area contributed by atoms with Gasteiger partial charge < -0.3 is 14.8 Å². The molecule has 0 radical (unpaired) electrons. The summed E-state index contributed by atoms with van der Waals surface area (Å²) >= 11 is 0. The molecule has 3 rings (SSSR count). The number of hydrogen-bond acceptors (Lipinski definition) is 4. The summed E-state index contributed by atoms with van der Waals surface area (Å²) in [7, 11) is 0. The van der Waals surface area contributed by atoms with E-state index >= 15 is 0 Å². The predicted molar refractivity (Wildman–Crippen MR) is 116 cm³/mol. The molecule has 0 bridgehead atoms. The van der Waals surface area contributed by atoms with E-state index in [-0.39, 0.29) is 24.3 Å². The van der Waals surface area contributed by atoms with Gasteiger partial charge in [0.25, 0.3) is 5.91 Å². The molecule has 0 fully saturated rings. The molecule has 1 unspecified atom stereocenters. The molecule has 0 saturated carbocycles. The number of amides is 1. The Hall–Kier alpha value is -3.60. The minimum atomic E-state index is -0.221. The van der Waals surface area contributed by atoms with Crippen LogP contribution in [0.2, 0.25) is 0 Å². The van der Waals surface area contributed by atoms with E-state index in [1.165, 1.54) is 0 Å². The van der Waals surface area contributed by atoms with Gasteiger partial charge in [0.2, 0.25) is 0 Å². The molecule has 0 aromatic heterocycles. The fraction of sp³-hybridized carbons (Fsp3) is 0.200. The topological polar surface area (TPSA) is 64.6 Å². The fourth-order valence-corrected chi connectivity index (χ4v) is 2.99. The van der Waals surface area contributed by atoms with Gasteiger partial charge in [-0.15, -0.1) is 0 Å². The summed E-state index contributed by atoms with van der Waals surface area (Å²) in [5, 5.41) is 2.91. The number of nitrogens with one attached hydrogen (secondary N) is 1. The summed E-state index contributed by atoms with van der Waals surface area (Å²) in [6.45, 7) is 4.36. The number of ether oxygens (including phenoxy) is 2. The Labute approximate surface area is 176 Å². The molecule has 154 valence electrons. The van der Waals surface area contributed by atoms with Crippen LogP contribution < -0.4 is 14.8 Å². The Morgan fingerprint density at radius 1 is 0.800 bits per heavy atom. The summed E-state index contributed by atoms with van der Waals surface area (Å²) in [6, 6.07) is 23.4. The van der Waals surface area contributed by atoms with Gasteiger partial charge in [-0.05, 0) is 55.8 Å². The molecule has 0 saturated heterocycles. The van der Waals surface area contributed by atoms with Crippen molar-refractivity contribution in [1.82, 2.24) is 5.32 Å². The van der Waals surface area contributed by atoms with Crippen molar-refractivity contribution in [3.63, 3.8) is 0 Å². The van der Waals surface area contributed by atoms with Crippen molar-refractivity contribution in [2.75, 3.05) is 13.2 Å². The van der Waals surface area contributed by atoms with Crippen molar-refractivity contribution in [2.45, 2.75) is 19.9 Å². The molecule has 0 aliphatic carbocycles. The van der Waals surface area contributed by atoms with Gasteiger partial charge in [-0.25, -0.2) is 0 Å². The van der Waals surface area contributed by atoms with Crippen molar-refractivity contribution in [2.24, 2.45) is 0 Å². The third-order valence-corrected chi connectivity index (χ3v) is 4.59. The van der Waals surface area contributed by atoms with Crippen LogP contribution >= 0.6 is 0 Å². The monoisotopic (exact) mass is 403 g/mol. The first-order chi connectivity index (χ1) is 14.6. The maximum atomic E-state index is 12.4. The van der Waals surface area contributed by atoms with Gasteiger partial charge in [0, 0.05) is 11.1 Å². The Balaban J connectivity index is 1.50. The number of hydrogen-bond donors (Lipinski definition) is 1. The molecule has 3 aromatic rings. The minimum Gasteiger partial charge on any atom is -0.494 e. The summed E-state index contributed by atoms with van der Waals surface area (Å²) in [4.78, 5) is 24.6. The molecule has 0 heterocycles. The van der Waals surface area contributed by atoms with E-state index in [2.05, 4.69) is 5.32 Å². The van der Waals surface area contributed by atoms with Crippen LogP contribution in [0.4, 0.5) is 0 Å². The van der Waals surface area contributed by atoms with Crippen LogP contribution in [0.1, 0.15) is 41.4 Å². The summed E-state index contributed by atoms with van der Waals surface area (Å²) in [5.74, 6) is 1.06. The molecule has 3 aromatic carbocycles. The quantitative estimate of drug-likeness (QED) is 0.532. The Kier molecular flexibility index (Phi) is 7.22. The van der Waals surface area contributed by atoms with Gasteiger partial charge in [-0.3, -0.25) is 9.59 Å². The molecule has 5 nitrogen and oxygen atoms in total. The van der Waals surface area contributed by atoms with Gasteiger partial charge in [-0.1, -0.05) is 42.5 Å². The Bertz CT molecular complexity index is 966. The van der Waals surface area contributed by atoms with Gasteiger partial charge in [0.05, 0.1) is 12.6 Å². The summed E-state index contributed by atoms with van der Waals surface area (Å²) in [6.07, 6.45) is 0. The largest absolute Gasteiger partial charge is 0.494 e. The maximum Gasteiger partial charge on any atom is 0.258 e.